The molecule has 0 spiro atoms. The zero-order valence-corrected chi connectivity index (χ0v) is 8.50. The van der Waals surface area contributed by atoms with Crippen LogP contribution >= 0.6 is 0 Å². The minimum Gasteiger partial charge on any atom is -0.393 e. The van der Waals surface area contributed by atoms with Gasteiger partial charge in [-0.25, -0.2) is 0 Å². The average molecular weight is 180 g/mol. The topological polar surface area (TPSA) is 20.2 Å². The van der Waals surface area contributed by atoms with E-state index in [1.165, 1.54) is 32.1 Å². The molecule has 0 aliphatic heterocycles. The van der Waals surface area contributed by atoms with Gasteiger partial charge in [0.05, 0.1) is 6.10 Å². The van der Waals surface area contributed by atoms with Crippen molar-refractivity contribution in [1.29, 1.82) is 0 Å². The molecule has 1 heteroatoms. The van der Waals surface area contributed by atoms with E-state index >= 15 is 0 Å². The Bertz CT molecular complexity index is 207. The fraction of sp³-hybridized carbons (Fsp3) is 0.833. The molecule has 74 valence electrons. The van der Waals surface area contributed by atoms with Crippen LogP contribution in [0, 0.1) is 11.8 Å². The van der Waals surface area contributed by atoms with E-state index in [1.807, 2.05) is 0 Å². The molecule has 2 rings (SSSR count). The van der Waals surface area contributed by atoms with E-state index in [0.717, 1.165) is 12.3 Å². The van der Waals surface area contributed by atoms with Gasteiger partial charge in [-0.05, 0) is 50.4 Å². The number of aliphatic hydroxyl groups excluding tert-OH is 1. The van der Waals surface area contributed by atoms with Gasteiger partial charge in [-0.15, -0.1) is 0 Å². The first kappa shape index (κ1) is 9.26. The smallest absolute Gasteiger partial charge is 0.0568 e. The summed E-state index contributed by atoms with van der Waals surface area (Å²) in [6.45, 7) is 2.21. The quantitative estimate of drug-likeness (QED) is 0.648. The molecule has 0 heterocycles. The van der Waals surface area contributed by atoms with E-state index in [4.69, 9.17) is 0 Å². The van der Waals surface area contributed by atoms with Crippen LogP contribution in [0.2, 0.25) is 0 Å². The van der Waals surface area contributed by atoms with Gasteiger partial charge in [-0.2, -0.15) is 0 Å². The summed E-state index contributed by atoms with van der Waals surface area (Å²) in [4.78, 5) is 0. The fourth-order valence-corrected chi connectivity index (χ4v) is 2.77. The molecule has 1 N–H and O–H groups in total. The minimum absolute atomic E-state index is 0.0213. The monoisotopic (exact) mass is 180 g/mol. The second kappa shape index (κ2) is 3.83. The van der Waals surface area contributed by atoms with Crippen molar-refractivity contribution in [1.82, 2.24) is 0 Å². The Morgan fingerprint density at radius 3 is 2.85 bits per heavy atom. The van der Waals surface area contributed by atoms with Gasteiger partial charge in [0.15, 0.2) is 0 Å². The van der Waals surface area contributed by atoms with Crippen molar-refractivity contribution in [3.05, 3.63) is 11.6 Å². The molecule has 0 saturated heterocycles. The number of rotatable bonds is 2. The van der Waals surface area contributed by atoms with Gasteiger partial charge in [0, 0.05) is 0 Å². The highest BCUT2D eigenvalue weighted by atomic mass is 16.3. The first-order valence-corrected chi connectivity index (χ1v) is 5.63. The third-order valence-electron chi connectivity index (χ3n) is 3.84. The molecule has 1 saturated carbocycles. The highest BCUT2D eigenvalue weighted by Crippen LogP contribution is 2.37. The highest BCUT2D eigenvalue weighted by Gasteiger charge is 2.31. The molecule has 2 aliphatic carbocycles. The van der Waals surface area contributed by atoms with Crippen LogP contribution < -0.4 is 0 Å². The molecule has 0 amide bonds. The normalized spacial score (nSPS) is 39.5. The Morgan fingerprint density at radius 1 is 1.46 bits per heavy atom. The van der Waals surface area contributed by atoms with E-state index in [0.29, 0.717) is 5.92 Å². The van der Waals surface area contributed by atoms with Crippen LogP contribution in [0.3, 0.4) is 0 Å². The fourth-order valence-electron chi connectivity index (χ4n) is 2.77. The molecule has 13 heavy (non-hydrogen) atoms. The van der Waals surface area contributed by atoms with Crippen molar-refractivity contribution >= 4 is 0 Å². The van der Waals surface area contributed by atoms with Crippen LogP contribution in [-0.4, -0.2) is 11.2 Å². The van der Waals surface area contributed by atoms with Gasteiger partial charge in [0.2, 0.25) is 0 Å². The third-order valence-corrected chi connectivity index (χ3v) is 3.84. The van der Waals surface area contributed by atoms with Crippen molar-refractivity contribution in [2.45, 2.75) is 51.6 Å². The van der Waals surface area contributed by atoms with Crippen LogP contribution in [0.25, 0.3) is 0 Å². The van der Waals surface area contributed by atoms with Crippen molar-refractivity contribution in [2.24, 2.45) is 11.8 Å². The van der Waals surface area contributed by atoms with Gasteiger partial charge in [0.1, 0.15) is 0 Å². The van der Waals surface area contributed by atoms with Crippen molar-refractivity contribution in [2.75, 3.05) is 0 Å². The van der Waals surface area contributed by atoms with Crippen LogP contribution in [-0.2, 0) is 0 Å². The second-order valence-corrected chi connectivity index (χ2v) is 4.72. The molecule has 2 aliphatic rings. The zero-order valence-electron chi connectivity index (χ0n) is 8.50. The Kier molecular flexibility index (Phi) is 2.73. The molecular formula is C12H20O. The molecular weight excluding hydrogens is 160 g/mol. The predicted molar refractivity (Wildman–Crippen MR) is 54.4 cm³/mol. The molecule has 1 fully saturated rings. The number of hydrogen-bond donors (Lipinski definition) is 1. The maximum absolute atomic E-state index is 9.62. The predicted octanol–water partition coefficient (Wildman–Crippen LogP) is 2.89. The lowest BCUT2D eigenvalue weighted by Gasteiger charge is -2.17. The largest absolute Gasteiger partial charge is 0.393 e. The van der Waals surface area contributed by atoms with E-state index in [2.05, 4.69) is 13.0 Å². The van der Waals surface area contributed by atoms with Gasteiger partial charge in [-0.3, -0.25) is 0 Å². The molecule has 0 aromatic heterocycles. The molecule has 3 unspecified atom stereocenters. The molecule has 1 nitrogen and oxygen atoms in total. The second-order valence-electron chi connectivity index (χ2n) is 4.72. The summed E-state index contributed by atoms with van der Waals surface area (Å²) in [6.07, 6.45) is 9.89. The molecule has 0 bridgehead atoms. The van der Waals surface area contributed by atoms with Gasteiger partial charge >= 0.3 is 0 Å². The van der Waals surface area contributed by atoms with Gasteiger partial charge in [0.25, 0.3) is 0 Å². The molecule has 0 aromatic carbocycles. The van der Waals surface area contributed by atoms with Crippen molar-refractivity contribution in [3.63, 3.8) is 0 Å². The maximum Gasteiger partial charge on any atom is 0.0568 e. The SMILES string of the molecule is CC1C(O)CCC1CC1=CCCC1. The van der Waals surface area contributed by atoms with Gasteiger partial charge < -0.3 is 5.11 Å². The minimum atomic E-state index is -0.0213. The molecule has 0 radical (unpaired) electrons. The lowest BCUT2D eigenvalue weighted by atomic mass is 9.90. The molecule has 3 atom stereocenters. The van der Waals surface area contributed by atoms with Crippen molar-refractivity contribution < 1.29 is 5.11 Å². The summed E-state index contributed by atoms with van der Waals surface area (Å²) in [5.41, 5.74) is 1.66. The summed E-state index contributed by atoms with van der Waals surface area (Å²) in [6, 6.07) is 0. The standard InChI is InChI=1S/C12H20O/c1-9-11(6-7-12(9)13)8-10-4-2-3-5-10/h4,9,11-13H,2-3,5-8H2,1H3. The summed E-state index contributed by atoms with van der Waals surface area (Å²) in [5.74, 6) is 1.29. The maximum atomic E-state index is 9.62. The Labute approximate surface area is 80.8 Å². The number of aliphatic hydroxyl groups is 1. The zero-order chi connectivity index (χ0) is 9.26. The third kappa shape index (κ3) is 1.96. The lowest BCUT2D eigenvalue weighted by molar-refractivity contribution is 0.127. The van der Waals surface area contributed by atoms with E-state index < -0.39 is 0 Å². The lowest BCUT2D eigenvalue weighted by Crippen LogP contribution is -2.15. The van der Waals surface area contributed by atoms with Gasteiger partial charge in [-0.1, -0.05) is 18.6 Å². The molecule has 0 aromatic rings. The van der Waals surface area contributed by atoms with Crippen LogP contribution in [0.15, 0.2) is 11.6 Å². The Hall–Kier alpha value is -0.300. The van der Waals surface area contributed by atoms with E-state index in [1.54, 1.807) is 5.57 Å². The van der Waals surface area contributed by atoms with Crippen LogP contribution in [0.5, 0.6) is 0 Å². The van der Waals surface area contributed by atoms with E-state index in [9.17, 15) is 5.11 Å². The first-order chi connectivity index (χ1) is 6.27. The summed E-state index contributed by atoms with van der Waals surface area (Å²) < 4.78 is 0. The first-order valence-electron chi connectivity index (χ1n) is 5.63. The van der Waals surface area contributed by atoms with Crippen LogP contribution in [0.4, 0.5) is 0 Å². The Balaban J connectivity index is 1.88. The van der Waals surface area contributed by atoms with E-state index in [-0.39, 0.29) is 6.10 Å². The average Bonchev–Trinajstić information content (AvgIpc) is 2.71. The van der Waals surface area contributed by atoms with Crippen LogP contribution in [0.1, 0.15) is 45.4 Å². The Morgan fingerprint density at radius 2 is 2.31 bits per heavy atom. The number of hydrogen-bond acceptors (Lipinski definition) is 1. The van der Waals surface area contributed by atoms with Crippen molar-refractivity contribution in [3.8, 4) is 0 Å². The number of allylic oxidation sites excluding steroid dienone is 2. The summed E-state index contributed by atoms with van der Waals surface area (Å²) in [5, 5.41) is 9.62. The highest BCUT2D eigenvalue weighted by molar-refractivity contribution is 5.09. The summed E-state index contributed by atoms with van der Waals surface area (Å²) >= 11 is 0. The summed E-state index contributed by atoms with van der Waals surface area (Å²) in [7, 11) is 0.